The maximum atomic E-state index is 11.8. The van der Waals surface area contributed by atoms with E-state index in [-0.39, 0.29) is 24.3 Å². The monoisotopic (exact) mass is 291 g/mol. The number of fused-ring (bicyclic) bond motifs is 1. The number of cyclic esters (lactones) is 1. The Morgan fingerprint density at radius 2 is 2.14 bits per heavy atom. The Bertz CT molecular complexity index is 502. The molecule has 2 heterocycles. The fourth-order valence-corrected chi connectivity index (χ4v) is 3.01. The van der Waals surface area contributed by atoms with Gasteiger partial charge in [0.05, 0.1) is 13.7 Å². The summed E-state index contributed by atoms with van der Waals surface area (Å²) in [4.78, 5) is 13.9. The lowest BCUT2D eigenvalue weighted by molar-refractivity contribution is -0.151. The van der Waals surface area contributed by atoms with Crippen molar-refractivity contribution in [2.24, 2.45) is 0 Å². The van der Waals surface area contributed by atoms with Crippen molar-refractivity contribution >= 4 is 5.97 Å². The van der Waals surface area contributed by atoms with Crippen LogP contribution in [0.2, 0.25) is 0 Å². The van der Waals surface area contributed by atoms with Crippen molar-refractivity contribution in [1.29, 1.82) is 0 Å². The van der Waals surface area contributed by atoms with Crippen molar-refractivity contribution in [1.82, 2.24) is 4.90 Å². The van der Waals surface area contributed by atoms with Crippen molar-refractivity contribution < 1.29 is 19.0 Å². The van der Waals surface area contributed by atoms with Crippen LogP contribution in [0.3, 0.4) is 0 Å². The molecule has 5 nitrogen and oxygen atoms in total. The fourth-order valence-electron chi connectivity index (χ4n) is 3.01. The van der Waals surface area contributed by atoms with E-state index in [1.54, 1.807) is 7.11 Å². The Kier molecular flexibility index (Phi) is 4.12. The summed E-state index contributed by atoms with van der Waals surface area (Å²) in [5.41, 5.74) is 1.07. The Morgan fingerprint density at radius 3 is 2.86 bits per heavy atom. The number of benzene rings is 1. The molecule has 1 aromatic carbocycles. The van der Waals surface area contributed by atoms with Crippen LogP contribution in [0.4, 0.5) is 0 Å². The molecule has 0 aromatic heterocycles. The highest BCUT2D eigenvalue weighted by molar-refractivity contribution is 5.78. The van der Waals surface area contributed by atoms with E-state index in [1.807, 2.05) is 31.2 Å². The second-order valence-electron chi connectivity index (χ2n) is 5.59. The maximum absolute atomic E-state index is 11.8. The van der Waals surface area contributed by atoms with Gasteiger partial charge in [0.2, 0.25) is 0 Å². The first-order valence-corrected chi connectivity index (χ1v) is 7.40. The van der Waals surface area contributed by atoms with Crippen LogP contribution in [0.1, 0.15) is 25.3 Å². The number of ether oxygens (including phenoxy) is 3. The van der Waals surface area contributed by atoms with Gasteiger partial charge >= 0.3 is 5.97 Å². The molecule has 2 saturated heterocycles. The molecule has 0 N–H and O–H groups in total. The van der Waals surface area contributed by atoms with E-state index in [2.05, 4.69) is 4.90 Å². The summed E-state index contributed by atoms with van der Waals surface area (Å²) < 4.78 is 16.5. The second-order valence-corrected chi connectivity index (χ2v) is 5.59. The van der Waals surface area contributed by atoms with Crippen molar-refractivity contribution in [3.05, 3.63) is 29.8 Å². The van der Waals surface area contributed by atoms with Crippen LogP contribution in [0.15, 0.2) is 24.3 Å². The van der Waals surface area contributed by atoms with Crippen molar-refractivity contribution in [2.75, 3.05) is 13.7 Å². The predicted molar refractivity (Wildman–Crippen MR) is 76.9 cm³/mol. The molecule has 2 aliphatic rings. The molecule has 0 saturated carbocycles. The average molecular weight is 291 g/mol. The molecule has 0 bridgehead atoms. The summed E-state index contributed by atoms with van der Waals surface area (Å²) in [5, 5.41) is 0. The molecule has 5 heteroatoms. The minimum atomic E-state index is -0.247. The zero-order chi connectivity index (χ0) is 14.8. The first kappa shape index (κ1) is 14.4. The summed E-state index contributed by atoms with van der Waals surface area (Å²) in [6.07, 6.45) is 1.57. The van der Waals surface area contributed by atoms with E-state index in [1.165, 1.54) is 0 Å². The molecular formula is C16H21NO4. The summed E-state index contributed by atoms with van der Waals surface area (Å²) in [6, 6.07) is 7.72. The van der Waals surface area contributed by atoms with Gasteiger partial charge in [-0.2, -0.15) is 0 Å². The Hall–Kier alpha value is -1.59. The van der Waals surface area contributed by atoms with Gasteiger partial charge in [0.15, 0.2) is 6.23 Å². The summed E-state index contributed by atoms with van der Waals surface area (Å²) in [7, 11) is 1.65. The normalized spacial score (nSPS) is 26.5. The van der Waals surface area contributed by atoms with Crippen LogP contribution >= 0.6 is 0 Å². The summed E-state index contributed by atoms with van der Waals surface area (Å²) in [5.74, 6) is 0.730. The zero-order valence-corrected chi connectivity index (χ0v) is 12.5. The minimum Gasteiger partial charge on any atom is -0.497 e. The number of carbonyl (C=O) groups is 1. The van der Waals surface area contributed by atoms with E-state index in [0.717, 1.165) is 30.7 Å². The van der Waals surface area contributed by atoms with Crippen LogP contribution in [-0.4, -0.2) is 42.9 Å². The van der Waals surface area contributed by atoms with Gasteiger partial charge in [-0.25, -0.2) is 0 Å². The smallest absolute Gasteiger partial charge is 0.325 e. The number of nitrogens with zero attached hydrogens (tertiary/aromatic N) is 1. The number of rotatable bonds is 5. The number of hydrogen-bond donors (Lipinski definition) is 0. The lowest BCUT2D eigenvalue weighted by Crippen LogP contribution is -2.40. The van der Waals surface area contributed by atoms with Crippen LogP contribution in [0.25, 0.3) is 0 Å². The first-order chi connectivity index (χ1) is 10.2. The van der Waals surface area contributed by atoms with Gasteiger partial charge in [-0.3, -0.25) is 9.69 Å². The third-order valence-corrected chi connectivity index (χ3v) is 4.20. The summed E-state index contributed by atoms with van der Waals surface area (Å²) in [6.45, 7) is 3.37. The van der Waals surface area contributed by atoms with E-state index < -0.39 is 0 Å². The lowest BCUT2D eigenvalue weighted by Gasteiger charge is -2.25. The van der Waals surface area contributed by atoms with Gasteiger partial charge < -0.3 is 14.2 Å². The van der Waals surface area contributed by atoms with E-state index in [4.69, 9.17) is 14.2 Å². The molecule has 2 fully saturated rings. The molecule has 0 amide bonds. The van der Waals surface area contributed by atoms with E-state index in [9.17, 15) is 4.79 Å². The van der Waals surface area contributed by atoms with Gasteiger partial charge in [0.1, 0.15) is 17.9 Å². The highest BCUT2D eigenvalue weighted by Gasteiger charge is 2.47. The minimum absolute atomic E-state index is 0.0537. The van der Waals surface area contributed by atoms with Gasteiger partial charge in [-0.15, -0.1) is 0 Å². The third-order valence-electron chi connectivity index (χ3n) is 4.20. The van der Waals surface area contributed by atoms with Crippen LogP contribution in [0, 0.1) is 0 Å². The first-order valence-electron chi connectivity index (χ1n) is 7.40. The van der Waals surface area contributed by atoms with Crippen LogP contribution in [0.5, 0.6) is 5.75 Å². The molecular weight excluding hydrogens is 270 g/mol. The molecule has 0 unspecified atom stereocenters. The third kappa shape index (κ3) is 2.89. The largest absolute Gasteiger partial charge is 0.497 e. The number of methoxy groups -OCH3 is 1. The van der Waals surface area contributed by atoms with Crippen molar-refractivity contribution in [2.45, 2.75) is 44.7 Å². The number of carbonyl (C=O) groups excluding carboxylic acids is 1. The Labute approximate surface area is 124 Å². The molecule has 21 heavy (non-hydrogen) atoms. The second kappa shape index (κ2) is 6.03. The van der Waals surface area contributed by atoms with Crippen molar-refractivity contribution in [3.63, 3.8) is 0 Å². The quantitative estimate of drug-likeness (QED) is 0.776. The molecule has 0 spiro atoms. The fraction of sp³-hybridized carbons (Fsp3) is 0.562. The predicted octanol–water partition coefficient (Wildman–Crippen LogP) is 1.95. The molecule has 3 atom stereocenters. The number of esters is 1. The SMILES string of the molecule is COc1ccc(CO[C@@H](C)[C@H]2OC(=O)[C@@H]3CCCN23)cc1. The van der Waals surface area contributed by atoms with Gasteiger partial charge in [0.25, 0.3) is 0 Å². The van der Waals surface area contributed by atoms with E-state index in [0.29, 0.717) is 6.61 Å². The van der Waals surface area contributed by atoms with E-state index >= 15 is 0 Å². The van der Waals surface area contributed by atoms with Gasteiger partial charge in [0, 0.05) is 6.54 Å². The Morgan fingerprint density at radius 1 is 1.38 bits per heavy atom. The van der Waals surface area contributed by atoms with Gasteiger partial charge in [-0.1, -0.05) is 12.1 Å². The highest BCUT2D eigenvalue weighted by Crippen LogP contribution is 2.30. The molecule has 2 aliphatic heterocycles. The standard InChI is InChI=1S/C16H21NO4/c1-11(15-17-9-3-4-14(17)16(18)21-15)20-10-12-5-7-13(19-2)8-6-12/h5-8,11,14-15H,3-4,9-10H2,1-2H3/t11-,14-,15+/m0/s1. The molecule has 1 aromatic rings. The zero-order valence-electron chi connectivity index (χ0n) is 12.5. The molecule has 3 rings (SSSR count). The topological polar surface area (TPSA) is 48.0 Å². The van der Waals surface area contributed by atoms with Crippen LogP contribution < -0.4 is 4.74 Å². The summed E-state index contributed by atoms with van der Waals surface area (Å²) >= 11 is 0. The van der Waals surface area contributed by atoms with Crippen LogP contribution in [-0.2, 0) is 20.9 Å². The molecule has 0 aliphatic carbocycles. The lowest BCUT2D eigenvalue weighted by atomic mass is 10.2. The maximum Gasteiger partial charge on any atom is 0.325 e. The average Bonchev–Trinajstić information content (AvgIpc) is 3.10. The highest BCUT2D eigenvalue weighted by atomic mass is 16.6. The molecule has 114 valence electrons. The van der Waals surface area contributed by atoms with Gasteiger partial charge in [-0.05, 0) is 37.5 Å². The molecule has 0 radical (unpaired) electrons. The van der Waals surface area contributed by atoms with Crippen molar-refractivity contribution in [3.8, 4) is 5.75 Å². The number of hydrogen-bond acceptors (Lipinski definition) is 5. The Balaban J connectivity index is 1.56.